The number of hydrogen-bond acceptors (Lipinski definition) is 5. The standard InChI is InChI=1S/C25H46N2O3/c1-17(26-30-15-14-27(4)5)20-10-13-25(29)22-7-6-18-16-19(28)8-11-23(18,2)21(22)9-12-24(20,25)3/h17-22,26,28-29H,6-16H2,1-5H3/t17-,18+,19-,20+,21-,22+,23-,24+,25-/m0/s1. The van der Waals surface area contributed by atoms with Crippen LogP contribution in [0.15, 0.2) is 0 Å². The molecule has 0 radical (unpaired) electrons. The highest BCUT2D eigenvalue weighted by Crippen LogP contribution is 2.69. The van der Waals surface area contributed by atoms with Crippen molar-refractivity contribution in [1.29, 1.82) is 0 Å². The van der Waals surface area contributed by atoms with Crippen LogP contribution in [0, 0.1) is 34.5 Å². The van der Waals surface area contributed by atoms with Crippen LogP contribution in [0.1, 0.15) is 78.6 Å². The van der Waals surface area contributed by atoms with Gasteiger partial charge >= 0.3 is 0 Å². The topological polar surface area (TPSA) is 65.0 Å². The molecule has 0 amide bonds. The van der Waals surface area contributed by atoms with Crippen molar-refractivity contribution in [3.05, 3.63) is 0 Å². The van der Waals surface area contributed by atoms with E-state index in [9.17, 15) is 10.2 Å². The Kier molecular flexibility index (Phi) is 6.35. The third-order valence-corrected chi connectivity index (χ3v) is 10.4. The van der Waals surface area contributed by atoms with Gasteiger partial charge in [-0.3, -0.25) is 0 Å². The highest BCUT2D eigenvalue weighted by Gasteiger charge is 2.67. The first kappa shape index (κ1) is 23.0. The Morgan fingerprint density at radius 2 is 1.80 bits per heavy atom. The third kappa shape index (κ3) is 3.57. The lowest BCUT2D eigenvalue weighted by Crippen LogP contribution is -2.63. The largest absolute Gasteiger partial charge is 0.393 e. The number of hydroxylamine groups is 1. The first-order valence-electron chi connectivity index (χ1n) is 12.5. The van der Waals surface area contributed by atoms with Crippen molar-refractivity contribution in [3.8, 4) is 0 Å². The Balaban J connectivity index is 1.48. The van der Waals surface area contributed by atoms with Crippen LogP contribution in [0.25, 0.3) is 0 Å². The van der Waals surface area contributed by atoms with Crippen molar-refractivity contribution >= 4 is 0 Å². The molecule has 5 heteroatoms. The molecule has 0 heterocycles. The molecule has 0 aliphatic heterocycles. The van der Waals surface area contributed by atoms with E-state index < -0.39 is 5.60 Å². The minimum absolute atomic E-state index is 0.0388. The maximum absolute atomic E-state index is 12.3. The van der Waals surface area contributed by atoms with Gasteiger partial charge in [-0.2, -0.15) is 5.48 Å². The smallest absolute Gasteiger partial charge is 0.0809 e. The molecular formula is C25H46N2O3. The van der Waals surface area contributed by atoms with Crippen LogP contribution in [0.4, 0.5) is 0 Å². The van der Waals surface area contributed by atoms with E-state index in [1.54, 1.807) is 0 Å². The van der Waals surface area contributed by atoms with E-state index in [0.717, 1.165) is 51.5 Å². The summed E-state index contributed by atoms with van der Waals surface area (Å²) in [6.07, 6.45) is 9.63. The average molecular weight is 423 g/mol. The zero-order chi connectivity index (χ0) is 21.7. The molecule has 4 rings (SSSR count). The lowest BCUT2D eigenvalue weighted by molar-refractivity contribution is -0.213. The first-order chi connectivity index (χ1) is 14.1. The zero-order valence-corrected chi connectivity index (χ0v) is 20.0. The van der Waals surface area contributed by atoms with Crippen LogP contribution in [0.5, 0.6) is 0 Å². The van der Waals surface area contributed by atoms with Crippen LogP contribution in [-0.4, -0.2) is 60.1 Å². The summed E-state index contributed by atoms with van der Waals surface area (Å²) in [5.41, 5.74) is 3.03. The Bertz CT molecular complexity index is 615. The molecule has 0 aromatic heterocycles. The minimum atomic E-state index is -0.551. The van der Waals surface area contributed by atoms with Gasteiger partial charge in [0.1, 0.15) is 0 Å². The van der Waals surface area contributed by atoms with Gasteiger partial charge in [0, 0.05) is 18.0 Å². The van der Waals surface area contributed by atoms with Gasteiger partial charge < -0.3 is 20.0 Å². The maximum atomic E-state index is 12.3. The van der Waals surface area contributed by atoms with Gasteiger partial charge in [0.25, 0.3) is 0 Å². The lowest BCUT2D eigenvalue weighted by Gasteiger charge is -2.63. The van der Waals surface area contributed by atoms with E-state index >= 15 is 0 Å². The van der Waals surface area contributed by atoms with Gasteiger partial charge in [-0.05, 0) is 108 Å². The molecule has 0 aromatic carbocycles. The normalized spacial score (nSPS) is 49.4. The number of aliphatic hydroxyl groups is 2. The SMILES string of the molecule is C[C@H](NOCCN(C)C)[C@H]1CC[C@]2(O)[C@@H]3CC[C@@H]4C[C@@H](O)CC[C@]4(C)[C@H]3CC[C@]12C. The molecule has 0 saturated heterocycles. The Morgan fingerprint density at radius 1 is 1.03 bits per heavy atom. The van der Waals surface area contributed by atoms with Gasteiger partial charge in [0.05, 0.1) is 18.3 Å². The maximum Gasteiger partial charge on any atom is 0.0809 e. The monoisotopic (exact) mass is 422 g/mol. The highest BCUT2D eigenvalue weighted by molar-refractivity contribution is 5.17. The molecule has 30 heavy (non-hydrogen) atoms. The number of rotatable bonds is 6. The molecule has 3 N–H and O–H groups in total. The number of hydrogen-bond donors (Lipinski definition) is 3. The summed E-state index contributed by atoms with van der Waals surface area (Å²) in [5.74, 6) is 2.11. The van der Waals surface area contributed by atoms with Crippen molar-refractivity contribution in [2.75, 3.05) is 27.2 Å². The predicted molar refractivity (Wildman–Crippen MR) is 120 cm³/mol. The molecule has 174 valence electrons. The zero-order valence-electron chi connectivity index (χ0n) is 20.0. The summed E-state index contributed by atoms with van der Waals surface area (Å²) in [5, 5.41) is 22.5. The quantitative estimate of drug-likeness (QED) is 0.451. The number of fused-ring (bicyclic) bond motifs is 5. The van der Waals surface area contributed by atoms with E-state index in [1.807, 2.05) is 0 Å². The third-order valence-electron chi connectivity index (χ3n) is 10.4. The minimum Gasteiger partial charge on any atom is -0.393 e. The van der Waals surface area contributed by atoms with Crippen molar-refractivity contribution in [2.24, 2.45) is 34.5 Å². The summed E-state index contributed by atoms with van der Waals surface area (Å²) < 4.78 is 0. The Labute approximate surface area is 183 Å². The van der Waals surface area contributed by atoms with E-state index in [4.69, 9.17) is 4.84 Å². The van der Waals surface area contributed by atoms with Crippen molar-refractivity contribution < 1.29 is 15.1 Å². The first-order valence-corrected chi connectivity index (χ1v) is 12.5. The van der Waals surface area contributed by atoms with Crippen molar-refractivity contribution in [2.45, 2.75) is 96.3 Å². The van der Waals surface area contributed by atoms with Crippen molar-refractivity contribution in [1.82, 2.24) is 10.4 Å². The van der Waals surface area contributed by atoms with Gasteiger partial charge in [-0.1, -0.05) is 13.8 Å². The average Bonchev–Trinajstić information content (AvgIpc) is 2.97. The molecular weight excluding hydrogens is 376 g/mol. The molecule has 0 aromatic rings. The van der Waals surface area contributed by atoms with Crippen molar-refractivity contribution in [3.63, 3.8) is 0 Å². The molecule has 4 saturated carbocycles. The number of nitrogens with zero attached hydrogens (tertiary/aromatic N) is 1. The van der Waals surface area contributed by atoms with Crippen LogP contribution in [0.2, 0.25) is 0 Å². The predicted octanol–water partition coefficient (Wildman–Crippen LogP) is 3.59. The van der Waals surface area contributed by atoms with Crippen LogP contribution < -0.4 is 5.48 Å². The fourth-order valence-corrected chi connectivity index (χ4v) is 8.55. The second-order valence-electron chi connectivity index (χ2n) is 12.0. The van der Waals surface area contributed by atoms with Gasteiger partial charge in [-0.15, -0.1) is 0 Å². The van der Waals surface area contributed by atoms with E-state index in [1.165, 1.54) is 12.8 Å². The van der Waals surface area contributed by atoms with Crippen LogP contribution in [0.3, 0.4) is 0 Å². The number of aliphatic hydroxyl groups excluding tert-OH is 1. The molecule has 4 fully saturated rings. The summed E-state index contributed by atoms with van der Waals surface area (Å²) in [6, 6.07) is 0.250. The summed E-state index contributed by atoms with van der Waals surface area (Å²) >= 11 is 0. The highest BCUT2D eigenvalue weighted by atomic mass is 16.6. The Morgan fingerprint density at radius 3 is 2.53 bits per heavy atom. The molecule has 0 bridgehead atoms. The summed E-state index contributed by atoms with van der Waals surface area (Å²) in [6.45, 7) is 8.69. The molecule has 0 unspecified atom stereocenters. The molecule has 0 spiro atoms. The van der Waals surface area contributed by atoms with Gasteiger partial charge in [0.2, 0.25) is 0 Å². The van der Waals surface area contributed by atoms with Gasteiger partial charge in [-0.25, -0.2) is 0 Å². The van der Waals surface area contributed by atoms with E-state index in [2.05, 4.69) is 45.2 Å². The number of likely N-dealkylation sites (N-methyl/N-ethyl adjacent to an activating group) is 1. The lowest BCUT2D eigenvalue weighted by atomic mass is 9.43. The molecule has 9 atom stereocenters. The second-order valence-corrected chi connectivity index (χ2v) is 12.0. The molecule has 4 aliphatic carbocycles. The summed E-state index contributed by atoms with van der Waals surface area (Å²) in [7, 11) is 4.12. The van der Waals surface area contributed by atoms with Gasteiger partial charge in [0.15, 0.2) is 0 Å². The fraction of sp³-hybridized carbons (Fsp3) is 1.00. The Hall–Kier alpha value is -0.200. The molecule has 4 aliphatic rings. The summed E-state index contributed by atoms with van der Waals surface area (Å²) in [4.78, 5) is 7.91. The van der Waals surface area contributed by atoms with E-state index in [0.29, 0.717) is 35.7 Å². The van der Waals surface area contributed by atoms with E-state index in [-0.39, 0.29) is 17.6 Å². The fourth-order valence-electron chi connectivity index (χ4n) is 8.55. The number of nitrogens with one attached hydrogen (secondary N) is 1. The van der Waals surface area contributed by atoms with Crippen LogP contribution in [-0.2, 0) is 4.84 Å². The second kappa shape index (κ2) is 8.30. The van der Waals surface area contributed by atoms with Crippen LogP contribution >= 0.6 is 0 Å². The molecule has 5 nitrogen and oxygen atoms in total.